The van der Waals surface area contributed by atoms with Crippen LogP contribution in [0, 0.1) is 6.92 Å². The van der Waals surface area contributed by atoms with Crippen LogP contribution < -0.4 is 0 Å². The van der Waals surface area contributed by atoms with Crippen LogP contribution in [0.3, 0.4) is 0 Å². The Hall–Kier alpha value is -1.09. The molecule has 0 bridgehead atoms. The maximum Gasteiger partial charge on any atom is 0.339 e. The SMILES string of the molecule is CC.COC(=O)c1ccc(Cl)nc1C. The van der Waals surface area contributed by atoms with Crippen molar-refractivity contribution in [3.8, 4) is 0 Å². The van der Waals surface area contributed by atoms with E-state index in [-0.39, 0.29) is 0 Å². The van der Waals surface area contributed by atoms with E-state index in [4.69, 9.17) is 11.6 Å². The molecule has 0 unspecified atom stereocenters. The fraction of sp³-hybridized carbons (Fsp3) is 0.400. The molecule has 0 saturated carbocycles. The van der Waals surface area contributed by atoms with Gasteiger partial charge in [-0.2, -0.15) is 0 Å². The van der Waals surface area contributed by atoms with Crippen molar-refractivity contribution < 1.29 is 9.53 Å². The van der Waals surface area contributed by atoms with Crippen LogP contribution in [0.4, 0.5) is 0 Å². The highest BCUT2D eigenvalue weighted by atomic mass is 35.5. The van der Waals surface area contributed by atoms with Crippen molar-refractivity contribution in [3.63, 3.8) is 0 Å². The Morgan fingerprint density at radius 2 is 2.00 bits per heavy atom. The standard InChI is InChI=1S/C8H8ClNO2.C2H6/c1-5-6(8(11)12-2)3-4-7(9)10-5;1-2/h3-4H,1-2H3;1-2H3. The summed E-state index contributed by atoms with van der Waals surface area (Å²) < 4.78 is 4.53. The number of nitrogens with zero attached hydrogens (tertiary/aromatic N) is 1. The van der Waals surface area contributed by atoms with Gasteiger partial charge < -0.3 is 4.74 Å². The number of hydrogen-bond donors (Lipinski definition) is 0. The van der Waals surface area contributed by atoms with E-state index in [0.29, 0.717) is 16.4 Å². The van der Waals surface area contributed by atoms with E-state index in [9.17, 15) is 4.79 Å². The second kappa shape index (κ2) is 6.38. The molecular weight excluding hydrogens is 202 g/mol. The zero-order valence-corrected chi connectivity index (χ0v) is 9.55. The summed E-state index contributed by atoms with van der Waals surface area (Å²) in [5.41, 5.74) is 1.02. The van der Waals surface area contributed by atoms with Gasteiger partial charge >= 0.3 is 5.97 Å². The van der Waals surface area contributed by atoms with Gasteiger partial charge in [-0.1, -0.05) is 25.4 Å². The molecule has 0 amide bonds. The molecule has 0 atom stereocenters. The Balaban J connectivity index is 0.000000791. The zero-order valence-electron chi connectivity index (χ0n) is 8.80. The third-order valence-corrected chi connectivity index (χ3v) is 1.67. The van der Waals surface area contributed by atoms with Crippen molar-refractivity contribution in [1.29, 1.82) is 0 Å². The summed E-state index contributed by atoms with van der Waals surface area (Å²) in [5.74, 6) is -0.392. The lowest BCUT2D eigenvalue weighted by Gasteiger charge is -2.01. The van der Waals surface area contributed by atoms with Crippen LogP contribution in [0.15, 0.2) is 12.1 Å². The van der Waals surface area contributed by atoms with E-state index in [0.717, 1.165) is 0 Å². The molecule has 0 saturated heterocycles. The summed E-state index contributed by atoms with van der Waals surface area (Å²) >= 11 is 5.60. The first kappa shape index (κ1) is 12.9. The zero-order chi connectivity index (χ0) is 11.1. The second-order valence-corrected chi connectivity index (χ2v) is 2.65. The molecular formula is C10H14ClNO2. The molecule has 0 radical (unpaired) electrons. The van der Waals surface area contributed by atoms with E-state index in [1.165, 1.54) is 7.11 Å². The Kier molecular flexibility index (Phi) is 5.88. The minimum absolute atomic E-state index is 0.375. The summed E-state index contributed by atoms with van der Waals surface area (Å²) in [5, 5.41) is 0.375. The number of hydrogen-bond acceptors (Lipinski definition) is 3. The molecule has 1 aromatic rings. The maximum atomic E-state index is 11.0. The van der Waals surface area contributed by atoms with Gasteiger partial charge in [-0.3, -0.25) is 0 Å². The van der Waals surface area contributed by atoms with Gasteiger partial charge in [-0.05, 0) is 19.1 Å². The van der Waals surface area contributed by atoms with Crippen molar-refractivity contribution in [1.82, 2.24) is 4.98 Å². The minimum Gasteiger partial charge on any atom is -0.465 e. The number of carbonyl (C=O) groups is 1. The molecule has 0 N–H and O–H groups in total. The van der Waals surface area contributed by atoms with Crippen molar-refractivity contribution in [2.24, 2.45) is 0 Å². The molecule has 0 spiro atoms. The van der Waals surface area contributed by atoms with Crippen LogP contribution >= 0.6 is 11.6 Å². The summed E-state index contributed by atoms with van der Waals surface area (Å²) in [7, 11) is 1.33. The lowest BCUT2D eigenvalue weighted by Crippen LogP contribution is -2.04. The third kappa shape index (κ3) is 3.34. The number of halogens is 1. The van der Waals surface area contributed by atoms with Crippen molar-refractivity contribution in [2.45, 2.75) is 20.8 Å². The van der Waals surface area contributed by atoms with Gasteiger partial charge in [0.2, 0.25) is 0 Å². The van der Waals surface area contributed by atoms with E-state index >= 15 is 0 Å². The van der Waals surface area contributed by atoms with Crippen LogP contribution in [-0.4, -0.2) is 18.1 Å². The molecule has 14 heavy (non-hydrogen) atoms. The molecule has 1 heterocycles. The van der Waals surface area contributed by atoms with Crippen LogP contribution in [0.2, 0.25) is 5.15 Å². The molecule has 78 valence electrons. The molecule has 1 aromatic heterocycles. The second-order valence-electron chi connectivity index (χ2n) is 2.26. The smallest absolute Gasteiger partial charge is 0.339 e. The van der Waals surface area contributed by atoms with Gasteiger partial charge in [0.15, 0.2) is 0 Å². The van der Waals surface area contributed by atoms with Crippen molar-refractivity contribution >= 4 is 17.6 Å². The fourth-order valence-corrected chi connectivity index (χ4v) is 1.05. The fourth-order valence-electron chi connectivity index (χ4n) is 0.856. The first-order valence-corrected chi connectivity index (χ1v) is 4.74. The number of aryl methyl sites for hydroxylation is 1. The number of carbonyl (C=O) groups excluding carboxylic acids is 1. The van der Waals surface area contributed by atoms with E-state index in [1.807, 2.05) is 13.8 Å². The van der Waals surface area contributed by atoms with Gasteiger partial charge in [0, 0.05) is 0 Å². The number of methoxy groups -OCH3 is 1. The third-order valence-electron chi connectivity index (χ3n) is 1.46. The summed E-state index contributed by atoms with van der Waals surface area (Å²) in [4.78, 5) is 14.9. The molecule has 0 aliphatic heterocycles. The highest BCUT2D eigenvalue weighted by Crippen LogP contribution is 2.11. The predicted molar refractivity (Wildman–Crippen MR) is 56.7 cm³/mol. The molecule has 1 rings (SSSR count). The number of aromatic nitrogens is 1. The Labute approximate surface area is 89.1 Å². The van der Waals surface area contributed by atoms with Crippen molar-refractivity contribution in [3.05, 3.63) is 28.5 Å². The average molecular weight is 216 g/mol. The molecule has 0 aliphatic rings. The van der Waals surface area contributed by atoms with Gasteiger partial charge in [0.05, 0.1) is 18.4 Å². The largest absolute Gasteiger partial charge is 0.465 e. The summed E-state index contributed by atoms with van der Waals surface area (Å²) in [6.07, 6.45) is 0. The van der Waals surface area contributed by atoms with Crippen LogP contribution in [0.25, 0.3) is 0 Å². The Morgan fingerprint density at radius 3 is 2.43 bits per heavy atom. The predicted octanol–water partition coefficient (Wildman–Crippen LogP) is 2.86. The first-order chi connectivity index (χ1) is 6.65. The first-order valence-electron chi connectivity index (χ1n) is 4.36. The normalized spacial score (nSPS) is 8.64. The summed E-state index contributed by atoms with van der Waals surface area (Å²) in [6.45, 7) is 5.71. The number of esters is 1. The average Bonchev–Trinajstić information content (AvgIpc) is 2.20. The molecule has 3 nitrogen and oxygen atoms in total. The maximum absolute atomic E-state index is 11.0. The number of rotatable bonds is 1. The molecule has 0 aromatic carbocycles. The van der Waals surface area contributed by atoms with E-state index in [1.54, 1.807) is 19.1 Å². The number of pyridine rings is 1. The van der Waals surface area contributed by atoms with Gasteiger partial charge in [0.1, 0.15) is 5.15 Å². The lowest BCUT2D eigenvalue weighted by atomic mass is 10.2. The molecule has 0 aliphatic carbocycles. The van der Waals surface area contributed by atoms with E-state index < -0.39 is 5.97 Å². The highest BCUT2D eigenvalue weighted by molar-refractivity contribution is 6.29. The lowest BCUT2D eigenvalue weighted by molar-refractivity contribution is 0.0599. The van der Waals surface area contributed by atoms with Crippen molar-refractivity contribution in [2.75, 3.05) is 7.11 Å². The van der Waals surface area contributed by atoms with Crippen LogP contribution in [-0.2, 0) is 4.74 Å². The van der Waals surface area contributed by atoms with Gasteiger partial charge in [-0.25, -0.2) is 9.78 Å². The van der Waals surface area contributed by atoms with Gasteiger partial charge in [0.25, 0.3) is 0 Å². The van der Waals surface area contributed by atoms with E-state index in [2.05, 4.69) is 9.72 Å². The molecule has 0 fully saturated rings. The quantitative estimate of drug-likeness (QED) is 0.534. The van der Waals surface area contributed by atoms with Crippen LogP contribution in [0.1, 0.15) is 29.9 Å². The van der Waals surface area contributed by atoms with Crippen LogP contribution in [0.5, 0.6) is 0 Å². The minimum atomic E-state index is -0.392. The topological polar surface area (TPSA) is 39.2 Å². The summed E-state index contributed by atoms with van der Waals surface area (Å²) in [6, 6.07) is 3.15. The Morgan fingerprint density at radius 1 is 1.43 bits per heavy atom. The molecule has 4 heteroatoms. The highest BCUT2D eigenvalue weighted by Gasteiger charge is 2.09. The Bertz CT molecular complexity index is 313. The van der Waals surface area contributed by atoms with Gasteiger partial charge in [-0.15, -0.1) is 0 Å². The monoisotopic (exact) mass is 215 g/mol. The number of ether oxygens (including phenoxy) is 1.